The van der Waals surface area contributed by atoms with Crippen molar-refractivity contribution < 1.29 is 4.79 Å². The van der Waals surface area contributed by atoms with E-state index >= 15 is 0 Å². The van der Waals surface area contributed by atoms with E-state index < -0.39 is 0 Å². The van der Waals surface area contributed by atoms with E-state index in [-0.39, 0.29) is 17.5 Å². The molecule has 1 aromatic heterocycles. The molecule has 2 rings (SSSR count). The first-order valence-electron chi connectivity index (χ1n) is 5.97. The number of halogens is 1. The van der Waals surface area contributed by atoms with Gasteiger partial charge in [0, 0.05) is 12.2 Å². The molecule has 3 N–H and O–H groups in total. The number of carbonyl (C=O) groups is 1. The van der Waals surface area contributed by atoms with Crippen molar-refractivity contribution in [2.45, 2.75) is 19.4 Å². The minimum absolute atomic E-state index is 0.147. The number of piperidine rings is 1. The van der Waals surface area contributed by atoms with Crippen LogP contribution < -0.4 is 16.2 Å². The quantitative estimate of drug-likeness (QED) is 0.758. The third-order valence-corrected chi connectivity index (χ3v) is 3.81. The summed E-state index contributed by atoms with van der Waals surface area (Å²) in [6.45, 7) is 3.95. The van der Waals surface area contributed by atoms with Crippen molar-refractivity contribution >= 4 is 21.8 Å². The Morgan fingerprint density at radius 3 is 3.00 bits per heavy atom. The predicted molar refractivity (Wildman–Crippen MR) is 72.7 cm³/mol. The Morgan fingerprint density at radius 1 is 1.56 bits per heavy atom. The highest BCUT2D eigenvalue weighted by Crippen LogP contribution is 2.12. The first-order chi connectivity index (χ1) is 8.58. The highest BCUT2D eigenvalue weighted by Gasteiger charge is 2.23. The van der Waals surface area contributed by atoms with Crippen LogP contribution in [-0.2, 0) is 0 Å². The molecule has 6 heteroatoms. The zero-order chi connectivity index (χ0) is 13.1. The Bertz CT molecular complexity index is 500. The van der Waals surface area contributed by atoms with Crippen molar-refractivity contribution in [2.75, 3.05) is 13.1 Å². The van der Waals surface area contributed by atoms with Crippen molar-refractivity contribution in [3.63, 3.8) is 0 Å². The lowest BCUT2D eigenvalue weighted by Gasteiger charge is -2.30. The zero-order valence-corrected chi connectivity index (χ0v) is 11.7. The highest BCUT2D eigenvalue weighted by molar-refractivity contribution is 9.10. The van der Waals surface area contributed by atoms with Crippen molar-refractivity contribution in [3.8, 4) is 0 Å². The molecule has 1 fully saturated rings. The molecule has 1 amide bonds. The molecule has 2 heterocycles. The lowest BCUT2D eigenvalue weighted by molar-refractivity contribution is 0.0913. The van der Waals surface area contributed by atoms with Gasteiger partial charge in [-0.3, -0.25) is 9.59 Å². The van der Waals surface area contributed by atoms with E-state index in [1.54, 1.807) is 6.07 Å². The molecule has 2 atom stereocenters. The molecule has 1 aliphatic rings. The third kappa shape index (κ3) is 3.00. The first kappa shape index (κ1) is 13.3. The minimum atomic E-state index is -0.234. The molecule has 1 aliphatic heterocycles. The van der Waals surface area contributed by atoms with Gasteiger partial charge in [0.15, 0.2) is 0 Å². The van der Waals surface area contributed by atoms with Crippen LogP contribution >= 0.6 is 15.9 Å². The Morgan fingerprint density at radius 2 is 2.33 bits per heavy atom. The smallest absolute Gasteiger partial charge is 0.262 e. The van der Waals surface area contributed by atoms with Gasteiger partial charge in [0.2, 0.25) is 0 Å². The summed E-state index contributed by atoms with van der Waals surface area (Å²) in [4.78, 5) is 25.8. The molecular formula is C12H16BrN3O2. The van der Waals surface area contributed by atoms with Crippen LogP contribution in [0.2, 0.25) is 0 Å². The number of aromatic nitrogens is 1. The van der Waals surface area contributed by atoms with E-state index in [9.17, 15) is 9.59 Å². The maximum absolute atomic E-state index is 12.0. The van der Waals surface area contributed by atoms with Crippen LogP contribution in [0, 0.1) is 5.92 Å². The fourth-order valence-electron chi connectivity index (χ4n) is 2.07. The van der Waals surface area contributed by atoms with Gasteiger partial charge >= 0.3 is 0 Å². The second-order valence-corrected chi connectivity index (χ2v) is 5.47. The van der Waals surface area contributed by atoms with Crippen LogP contribution in [0.5, 0.6) is 0 Å². The molecule has 98 valence electrons. The summed E-state index contributed by atoms with van der Waals surface area (Å²) in [6, 6.07) is 1.73. The first-order valence-corrected chi connectivity index (χ1v) is 6.77. The Hall–Kier alpha value is -1.14. The SMILES string of the molecule is CC1CNCCC1NC(=O)c1c[nH]c(=O)c(Br)c1. The van der Waals surface area contributed by atoms with Gasteiger partial charge in [-0.25, -0.2) is 0 Å². The minimum Gasteiger partial charge on any atom is -0.349 e. The second kappa shape index (κ2) is 5.67. The number of carbonyl (C=O) groups excluding carboxylic acids is 1. The van der Waals surface area contributed by atoms with Gasteiger partial charge in [-0.05, 0) is 47.4 Å². The van der Waals surface area contributed by atoms with Gasteiger partial charge in [0.25, 0.3) is 11.5 Å². The van der Waals surface area contributed by atoms with E-state index in [0.717, 1.165) is 19.5 Å². The average molecular weight is 314 g/mol. The van der Waals surface area contributed by atoms with E-state index in [4.69, 9.17) is 0 Å². The summed E-state index contributed by atoms with van der Waals surface area (Å²) in [5.74, 6) is 0.264. The highest BCUT2D eigenvalue weighted by atomic mass is 79.9. The van der Waals surface area contributed by atoms with Gasteiger partial charge in [0.05, 0.1) is 10.0 Å². The topological polar surface area (TPSA) is 74.0 Å². The van der Waals surface area contributed by atoms with Gasteiger partial charge < -0.3 is 15.6 Å². The number of hydrogen-bond donors (Lipinski definition) is 3. The third-order valence-electron chi connectivity index (χ3n) is 3.22. The Kier molecular flexibility index (Phi) is 4.19. The van der Waals surface area contributed by atoms with E-state index in [0.29, 0.717) is 16.0 Å². The molecule has 18 heavy (non-hydrogen) atoms. The number of rotatable bonds is 2. The Balaban J connectivity index is 2.07. The van der Waals surface area contributed by atoms with E-state index in [1.807, 2.05) is 0 Å². The number of nitrogens with one attached hydrogen (secondary N) is 3. The molecule has 0 bridgehead atoms. The van der Waals surface area contributed by atoms with Gasteiger partial charge in [0.1, 0.15) is 0 Å². The molecular weight excluding hydrogens is 298 g/mol. The van der Waals surface area contributed by atoms with E-state index in [2.05, 4.69) is 38.5 Å². The number of H-pyrrole nitrogens is 1. The molecule has 0 spiro atoms. The van der Waals surface area contributed by atoms with E-state index in [1.165, 1.54) is 6.20 Å². The summed E-state index contributed by atoms with van der Waals surface area (Å²) in [6.07, 6.45) is 2.37. The van der Waals surface area contributed by atoms with Crippen LogP contribution in [0.3, 0.4) is 0 Å². The van der Waals surface area contributed by atoms with Crippen molar-refractivity contribution in [3.05, 3.63) is 32.7 Å². The predicted octanol–water partition coefficient (Wildman–Crippen LogP) is 0.865. The van der Waals surface area contributed by atoms with Gasteiger partial charge in [-0.1, -0.05) is 6.92 Å². The van der Waals surface area contributed by atoms with Crippen LogP contribution in [-0.4, -0.2) is 30.0 Å². The monoisotopic (exact) mass is 313 g/mol. The summed E-state index contributed by atoms with van der Waals surface area (Å²) >= 11 is 3.12. The van der Waals surface area contributed by atoms with Crippen LogP contribution in [0.4, 0.5) is 0 Å². The maximum atomic E-state index is 12.0. The molecule has 0 aromatic carbocycles. The van der Waals surface area contributed by atoms with Crippen LogP contribution in [0.1, 0.15) is 23.7 Å². The molecule has 5 nitrogen and oxygen atoms in total. The molecule has 2 unspecified atom stereocenters. The largest absolute Gasteiger partial charge is 0.349 e. The molecule has 1 aromatic rings. The average Bonchev–Trinajstić information content (AvgIpc) is 2.35. The summed E-state index contributed by atoms with van der Waals surface area (Å²) in [5.41, 5.74) is 0.231. The van der Waals surface area contributed by atoms with Crippen LogP contribution in [0.25, 0.3) is 0 Å². The Labute approximate surface area is 113 Å². The summed E-state index contributed by atoms with van der Waals surface area (Å²) in [7, 11) is 0. The van der Waals surface area contributed by atoms with Crippen LogP contribution in [0.15, 0.2) is 21.5 Å². The molecule has 0 saturated carbocycles. The summed E-state index contributed by atoms with van der Waals surface area (Å²) < 4.78 is 0.369. The second-order valence-electron chi connectivity index (χ2n) is 4.62. The number of pyridine rings is 1. The standard InChI is InChI=1S/C12H16BrN3O2/c1-7-5-14-3-2-10(7)16-11(17)8-4-9(13)12(18)15-6-8/h4,6-7,10,14H,2-3,5H2,1H3,(H,15,18)(H,16,17). The van der Waals surface area contributed by atoms with Gasteiger partial charge in [-0.2, -0.15) is 0 Å². The molecule has 0 radical (unpaired) electrons. The molecule has 0 aliphatic carbocycles. The normalized spacial score (nSPS) is 23.7. The number of aromatic amines is 1. The van der Waals surface area contributed by atoms with Crippen molar-refractivity contribution in [1.82, 2.24) is 15.6 Å². The summed E-state index contributed by atoms with van der Waals surface area (Å²) in [5, 5.41) is 6.30. The number of amides is 1. The van der Waals surface area contributed by atoms with Crippen molar-refractivity contribution in [2.24, 2.45) is 5.92 Å². The fourth-order valence-corrected chi connectivity index (χ4v) is 2.43. The maximum Gasteiger partial charge on any atom is 0.262 e. The number of hydrogen-bond acceptors (Lipinski definition) is 3. The fraction of sp³-hybridized carbons (Fsp3) is 0.500. The zero-order valence-electron chi connectivity index (χ0n) is 10.1. The lowest BCUT2D eigenvalue weighted by atomic mass is 9.95. The lowest BCUT2D eigenvalue weighted by Crippen LogP contribution is -2.48. The molecule has 1 saturated heterocycles. The van der Waals surface area contributed by atoms with Crippen molar-refractivity contribution in [1.29, 1.82) is 0 Å². The van der Waals surface area contributed by atoms with Gasteiger partial charge in [-0.15, -0.1) is 0 Å².